The zero-order valence-electron chi connectivity index (χ0n) is 26.7. The molecule has 0 bridgehead atoms. The standard InChI is InChI=1S/C36H40N4O6.ClH/c1-24-22-27(35(41)38-16-19-45-21-20-44-18-15-37)23-25(2)33(24)31-13-6-12-30-29(34(36(42)43)39-40(30)31)11-7-17-46-32-14-5-9-26-8-3-4-10-28(26)32;/h3-6,8-10,12-14,22-23H,7,11,15-21,37H2,1-2H3,(H,38,41)(H,42,43);1H. The number of carboxylic acid groups (broad SMARTS) is 1. The fourth-order valence-corrected chi connectivity index (χ4v) is 5.72. The summed E-state index contributed by atoms with van der Waals surface area (Å²) in [6, 6.07) is 23.4. The van der Waals surface area contributed by atoms with E-state index in [1.807, 2.05) is 86.6 Å². The number of nitrogens with zero attached hydrogens (tertiary/aromatic N) is 2. The van der Waals surface area contributed by atoms with E-state index in [-0.39, 0.29) is 24.0 Å². The third-order valence-corrected chi connectivity index (χ3v) is 7.76. The number of hydrogen-bond donors (Lipinski definition) is 3. The van der Waals surface area contributed by atoms with Gasteiger partial charge in [0.05, 0.1) is 44.2 Å². The van der Waals surface area contributed by atoms with Crippen LogP contribution in [0.1, 0.15) is 44.0 Å². The van der Waals surface area contributed by atoms with Crippen molar-refractivity contribution in [2.45, 2.75) is 26.7 Å². The number of rotatable bonds is 16. The minimum Gasteiger partial charge on any atom is -0.493 e. The lowest BCUT2D eigenvalue weighted by molar-refractivity contribution is 0.0511. The van der Waals surface area contributed by atoms with Crippen LogP contribution in [0.5, 0.6) is 5.75 Å². The lowest BCUT2D eigenvalue weighted by atomic mass is 9.96. The SMILES string of the molecule is Cc1cc(C(=O)NCCOCCOCCN)cc(C)c1-c1cccc2c(CCCOc3cccc4ccccc34)c(C(=O)O)nn12.Cl. The molecule has 11 heteroatoms. The Morgan fingerprint density at radius 1 is 0.894 bits per heavy atom. The van der Waals surface area contributed by atoms with Crippen LogP contribution in [-0.4, -0.2) is 72.7 Å². The van der Waals surface area contributed by atoms with Crippen LogP contribution in [0.15, 0.2) is 72.8 Å². The second-order valence-corrected chi connectivity index (χ2v) is 11.0. The Balaban J connectivity index is 0.00000500. The first-order valence-corrected chi connectivity index (χ1v) is 15.5. The van der Waals surface area contributed by atoms with Crippen molar-refractivity contribution in [3.05, 3.63) is 101 Å². The second-order valence-electron chi connectivity index (χ2n) is 11.0. The maximum atomic E-state index is 12.9. The van der Waals surface area contributed by atoms with E-state index in [0.717, 1.165) is 44.4 Å². The Bertz CT molecular complexity index is 1810. The maximum absolute atomic E-state index is 12.9. The van der Waals surface area contributed by atoms with E-state index in [9.17, 15) is 14.7 Å². The van der Waals surface area contributed by atoms with Gasteiger partial charge in [0, 0.05) is 35.2 Å². The highest BCUT2D eigenvalue weighted by molar-refractivity contribution is 5.96. The van der Waals surface area contributed by atoms with Gasteiger partial charge in [0.15, 0.2) is 5.69 Å². The molecule has 0 fully saturated rings. The quantitative estimate of drug-likeness (QED) is 0.116. The van der Waals surface area contributed by atoms with Crippen LogP contribution in [0.25, 0.3) is 27.5 Å². The molecular weight excluding hydrogens is 620 g/mol. The van der Waals surface area contributed by atoms with E-state index in [2.05, 4.69) is 10.4 Å². The van der Waals surface area contributed by atoms with E-state index in [1.54, 1.807) is 4.52 Å². The summed E-state index contributed by atoms with van der Waals surface area (Å²) in [7, 11) is 0. The summed E-state index contributed by atoms with van der Waals surface area (Å²) in [5.41, 5.74) is 10.8. The second kappa shape index (κ2) is 16.9. The molecule has 0 aliphatic heterocycles. The molecule has 248 valence electrons. The molecule has 2 heterocycles. The molecule has 0 saturated heterocycles. The summed E-state index contributed by atoms with van der Waals surface area (Å²) < 4.78 is 18.6. The monoisotopic (exact) mass is 660 g/mol. The van der Waals surface area contributed by atoms with Crippen molar-refractivity contribution in [1.29, 1.82) is 0 Å². The first-order valence-electron chi connectivity index (χ1n) is 15.5. The summed E-state index contributed by atoms with van der Waals surface area (Å²) in [4.78, 5) is 25.2. The molecule has 10 nitrogen and oxygen atoms in total. The van der Waals surface area contributed by atoms with Gasteiger partial charge in [-0.2, -0.15) is 5.10 Å². The fraction of sp³-hybridized carbons (Fsp3) is 0.306. The van der Waals surface area contributed by atoms with E-state index in [0.29, 0.717) is 70.1 Å². The number of carboxylic acids is 1. The molecule has 4 N–H and O–H groups in total. The predicted octanol–water partition coefficient (Wildman–Crippen LogP) is 5.62. The number of carbonyl (C=O) groups is 2. The van der Waals surface area contributed by atoms with Gasteiger partial charge in [0.2, 0.25) is 0 Å². The number of fused-ring (bicyclic) bond motifs is 2. The molecule has 0 aliphatic rings. The van der Waals surface area contributed by atoms with Crippen molar-refractivity contribution in [2.24, 2.45) is 5.73 Å². The normalized spacial score (nSPS) is 11.0. The van der Waals surface area contributed by atoms with Gasteiger partial charge in [-0.3, -0.25) is 4.79 Å². The minimum absolute atomic E-state index is 0. The van der Waals surface area contributed by atoms with Crippen LogP contribution in [0.2, 0.25) is 0 Å². The third-order valence-electron chi connectivity index (χ3n) is 7.76. The largest absolute Gasteiger partial charge is 0.493 e. The van der Waals surface area contributed by atoms with Crippen LogP contribution in [0, 0.1) is 13.8 Å². The number of pyridine rings is 1. The number of carbonyl (C=O) groups excluding carboxylic acids is 1. The molecule has 2 aromatic heterocycles. The van der Waals surface area contributed by atoms with Gasteiger partial charge in [-0.1, -0.05) is 42.5 Å². The summed E-state index contributed by atoms with van der Waals surface area (Å²) in [6.07, 6.45) is 1.10. The van der Waals surface area contributed by atoms with Crippen molar-refractivity contribution in [3.63, 3.8) is 0 Å². The number of aromatic nitrogens is 2. The van der Waals surface area contributed by atoms with E-state index in [1.165, 1.54) is 0 Å². The molecular formula is C36H41ClN4O6. The maximum Gasteiger partial charge on any atom is 0.356 e. The Morgan fingerprint density at radius 3 is 2.34 bits per heavy atom. The third kappa shape index (κ3) is 8.47. The van der Waals surface area contributed by atoms with Gasteiger partial charge in [-0.25, -0.2) is 9.31 Å². The molecule has 0 saturated carbocycles. The number of aryl methyl sites for hydroxylation is 3. The van der Waals surface area contributed by atoms with E-state index >= 15 is 0 Å². The molecule has 0 spiro atoms. The number of nitrogens with one attached hydrogen (secondary N) is 1. The number of ether oxygens (including phenoxy) is 3. The molecule has 5 rings (SSSR count). The minimum atomic E-state index is -1.08. The average molecular weight is 661 g/mol. The van der Waals surface area contributed by atoms with Gasteiger partial charge >= 0.3 is 5.97 Å². The highest BCUT2D eigenvalue weighted by Gasteiger charge is 2.22. The van der Waals surface area contributed by atoms with Crippen molar-refractivity contribution in [3.8, 4) is 17.0 Å². The molecule has 1 amide bonds. The highest BCUT2D eigenvalue weighted by atomic mass is 35.5. The number of hydrogen-bond acceptors (Lipinski definition) is 7. The van der Waals surface area contributed by atoms with Gasteiger partial charge in [0.25, 0.3) is 5.91 Å². The van der Waals surface area contributed by atoms with Crippen LogP contribution in [-0.2, 0) is 15.9 Å². The van der Waals surface area contributed by atoms with Crippen LogP contribution >= 0.6 is 12.4 Å². The number of aromatic carboxylic acids is 1. The fourth-order valence-electron chi connectivity index (χ4n) is 5.72. The zero-order chi connectivity index (χ0) is 32.5. The van der Waals surface area contributed by atoms with Crippen molar-refractivity contribution >= 4 is 40.6 Å². The molecule has 0 radical (unpaired) electrons. The Morgan fingerprint density at radius 2 is 1.60 bits per heavy atom. The summed E-state index contributed by atoms with van der Waals surface area (Å²) in [5, 5.41) is 19.7. The Kier molecular flexibility index (Phi) is 12.7. The number of amides is 1. The molecule has 0 unspecified atom stereocenters. The molecule has 0 atom stereocenters. The lowest BCUT2D eigenvalue weighted by Crippen LogP contribution is -2.28. The summed E-state index contributed by atoms with van der Waals surface area (Å²) in [5.74, 6) is -0.467. The molecule has 3 aromatic carbocycles. The Labute approximate surface area is 280 Å². The summed E-state index contributed by atoms with van der Waals surface area (Å²) >= 11 is 0. The first-order chi connectivity index (χ1) is 22.4. The van der Waals surface area contributed by atoms with Crippen LogP contribution in [0.3, 0.4) is 0 Å². The van der Waals surface area contributed by atoms with Gasteiger partial charge < -0.3 is 30.4 Å². The number of benzene rings is 3. The molecule has 47 heavy (non-hydrogen) atoms. The smallest absolute Gasteiger partial charge is 0.356 e. The van der Waals surface area contributed by atoms with Gasteiger partial charge in [0.1, 0.15) is 5.75 Å². The number of nitrogens with two attached hydrogens (primary N) is 1. The van der Waals surface area contributed by atoms with Crippen molar-refractivity contribution in [2.75, 3.05) is 46.1 Å². The van der Waals surface area contributed by atoms with Crippen LogP contribution < -0.4 is 15.8 Å². The van der Waals surface area contributed by atoms with E-state index in [4.69, 9.17) is 19.9 Å². The van der Waals surface area contributed by atoms with E-state index < -0.39 is 5.97 Å². The van der Waals surface area contributed by atoms with Gasteiger partial charge in [-0.05, 0) is 73.5 Å². The highest BCUT2D eigenvalue weighted by Crippen LogP contribution is 2.31. The number of halogens is 1. The molecule has 0 aliphatic carbocycles. The predicted molar refractivity (Wildman–Crippen MR) is 185 cm³/mol. The van der Waals surface area contributed by atoms with Crippen LogP contribution in [0.4, 0.5) is 0 Å². The average Bonchev–Trinajstić information content (AvgIpc) is 3.43. The summed E-state index contributed by atoms with van der Waals surface area (Å²) in [6.45, 7) is 6.92. The molecule has 5 aromatic rings. The Hall–Kier alpha value is -4.48. The van der Waals surface area contributed by atoms with Crippen molar-refractivity contribution < 1.29 is 28.9 Å². The van der Waals surface area contributed by atoms with Gasteiger partial charge in [-0.15, -0.1) is 12.4 Å². The topological polar surface area (TPSA) is 137 Å². The van der Waals surface area contributed by atoms with Crippen molar-refractivity contribution in [1.82, 2.24) is 14.9 Å². The zero-order valence-corrected chi connectivity index (χ0v) is 27.5. The first kappa shape index (κ1) is 35.4. The lowest BCUT2D eigenvalue weighted by Gasteiger charge is -2.14.